The second-order valence-electron chi connectivity index (χ2n) is 5.97. The van der Waals surface area contributed by atoms with Gasteiger partial charge in [0.05, 0.1) is 5.92 Å². The van der Waals surface area contributed by atoms with E-state index in [0.717, 1.165) is 11.1 Å². The smallest absolute Gasteiger partial charge is 0.253 e. The molecule has 0 radical (unpaired) electrons. The van der Waals surface area contributed by atoms with Crippen molar-refractivity contribution in [1.29, 1.82) is 0 Å². The molecular weight excluding hydrogens is 304 g/mol. The van der Waals surface area contributed by atoms with E-state index in [1.165, 1.54) is 0 Å². The van der Waals surface area contributed by atoms with Gasteiger partial charge in [0.2, 0.25) is 11.7 Å². The fourth-order valence-electron chi connectivity index (χ4n) is 2.70. The molecule has 0 unspecified atom stereocenters. The molecule has 3 heterocycles. The molecule has 1 aliphatic heterocycles. The highest BCUT2D eigenvalue weighted by atomic mass is 16.5. The summed E-state index contributed by atoms with van der Waals surface area (Å²) in [6.07, 6.45) is 3.38. The number of hydrogen-bond acceptors (Lipinski definition) is 5. The molecule has 4 rings (SSSR count). The first-order valence-corrected chi connectivity index (χ1v) is 7.80. The number of amides is 1. The Kier molecular flexibility index (Phi) is 3.57. The molecule has 2 aromatic heterocycles. The van der Waals surface area contributed by atoms with Gasteiger partial charge in [-0.05, 0) is 31.2 Å². The van der Waals surface area contributed by atoms with Crippen LogP contribution in [0.25, 0.3) is 11.4 Å². The molecule has 6 nitrogen and oxygen atoms in total. The van der Waals surface area contributed by atoms with Crippen molar-refractivity contribution in [2.45, 2.75) is 12.8 Å². The molecule has 0 aliphatic carbocycles. The molecule has 0 spiro atoms. The van der Waals surface area contributed by atoms with Gasteiger partial charge in [-0.3, -0.25) is 9.78 Å². The number of hydrogen-bond donors (Lipinski definition) is 0. The van der Waals surface area contributed by atoms with Crippen LogP contribution in [0.2, 0.25) is 0 Å². The summed E-state index contributed by atoms with van der Waals surface area (Å²) in [5.74, 6) is 1.27. The topological polar surface area (TPSA) is 72.1 Å². The van der Waals surface area contributed by atoms with Gasteiger partial charge in [-0.25, -0.2) is 0 Å². The number of rotatable bonds is 3. The van der Waals surface area contributed by atoms with Gasteiger partial charge >= 0.3 is 0 Å². The van der Waals surface area contributed by atoms with Gasteiger partial charge in [0.1, 0.15) is 0 Å². The molecule has 1 aliphatic rings. The van der Waals surface area contributed by atoms with Crippen LogP contribution >= 0.6 is 0 Å². The molecule has 1 saturated heterocycles. The third-order valence-electron chi connectivity index (χ3n) is 4.20. The Morgan fingerprint density at radius 1 is 1.12 bits per heavy atom. The van der Waals surface area contributed by atoms with Crippen LogP contribution in [-0.2, 0) is 0 Å². The van der Waals surface area contributed by atoms with Gasteiger partial charge in [0, 0.05) is 36.6 Å². The average Bonchev–Trinajstić information content (AvgIpc) is 3.04. The second kappa shape index (κ2) is 5.88. The quantitative estimate of drug-likeness (QED) is 0.742. The molecule has 0 bridgehead atoms. The molecule has 1 amide bonds. The largest absolute Gasteiger partial charge is 0.339 e. The number of pyridine rings is 1. The summed E-state index contributed by atoms with van der Waals surface area (Å²) < 4.78 is 5.35. The third kappa shape index (κ3) is 2.67. The van der Waals surface area contributed by atoms with E-state index >= 15 is 0 Å². The SMILES string of the molecule is Cc1ccc(C(=O)N2CC(c3nc(-c4ccncc4)no3)C2)cc1. The minimum absolute atomic E-state index is 0.0418. The van der Waals surface area contributed by atoms with Gasteiger partial charge in [0.25, 0.3) is 5.91 Å². The summed E-state index contributed by atoms with van der Waals surface area (Å²) in [6.45, 7) is 3.21. The second-order valence-corrected chi connectivity index (χ2v) is 5.97. The first kappa shape index (κ1) is 14.6. The van der Waals surface area contributed by atoms with Crippen LogP contribution in [0.3, 0.4) is 0 Å². The molecular formula is C18H16N4O2. The number of aryl methyl sites for hydroxylation is 1. The standard InChI is InChI=1S/C18H16N4O2/c1-12-2-4-14(5-3-12)18(23)22-10-15(11-22)17-20-16(21-24-17)13-6-8-19-9-7-13/h2-9,15H,10-11H2,1H3. The van der Waals surface area contributed by atoms with E-state index in [9.17, 15) is 4.79 Å². The summed E-state index contributed by atoms with van der Waals surface area (Å²) in [7, 11) is 0. The number of benzene rings is 1. The third-order valence-corrected chi connectivity index (χ3v) is 4.20. The fraction of sp³-hybridized carbons (Fsp3) is 0.222. The summed E-state index contributed by atoms with van der Waals surface area (Å²) in [5.41, 5.74) is 2.72. The molecule has 1 aromatic carbocycles. The monoisotopic (exact) mass is 320 g/mol. The van der Waals surface area contributed by atoms with Crippen LogP contribution in [0, 0.1) is 6.92 Å². The minimum Gasteiger partial charge on any atom is -0.339 e. The van der Waals surface area contributed by atoms with Crippen molar-refractivity contribution < 1.29 is 9.32 Å². The van der Waals surface area contributed by atoms with Crippen molar-refractivity contribution in [1.82, 2.24) is 20.0 Å². The lowest BCUT2D eigenvalue weighted by Gasteiger charge is -2.37. The molecule has 120 valence electrons. The van der Waals surface area contributed by atoms with Gasteiger partial charge in [-0.15, -0.1) is 0 Å². The van der Waals surface area contributed by atoms with Crippen molar-refractivity contribution in [3.8, 4) is 11.4 Å². The summed E-state index contributed by atoms with van der Waals surface area (Å²) in [6, 6.07) is 11.3. The highest BCUT2D eigenvalue weighted by Crippen LogP contribution is 2.28. The average molecular weight is 320 g/mol. The van der Waals surface area contributed by atoms with Crippen LogP contribution in [-0.4, -0.2) is 39.0 Å². The zero-order chi connectivity index (χ0) is 16.5. The van der Waals surface area contributed by atoms with Gasteiger partial charge in [0.15, 0.2) is 0 Å². The Labute approximate surface area is 139 Å². The van der Waals surface area contributed by atoms with Gasteiger partial charge < -0.3 is 9.42 Å². The van der Waals surface area contributed by atoms with Gasteiger partial charge in [-0.2, -0.15) is 4.98 Å². The minimum atomic E-state index is 0.0418. The van der Waals surface area contributed by atoms with E-state index in [1.807, 2.05) is 43.3 Å². The Morgan fingerprint density at radius 2 is 1.83 bits per heavy atom. The van der Waals surface area contributed by atoms with E-state index < -0.39 is 0 Å². The van der Waals surface area contributed by atoms with Gasteiger partial charge in [-0.1, -0.05) is 22.9 Å². The molecule has 0 saturated carbocycles. The van der Waals surface area contributed by atoms with E-state index in [1.54, 1.807) is 17.3 Å². The zero-order valence-electron chi connectivity index (χ0n) is 13.2. The van der Waals surface area contributed by atoms with E-state index in [4.69, 9.17) is 4.52 Å². The lowest BCUT2D eigenvalue weighted by atomic mass is 9.98. The highest BCUT2D eigenvalue weighted by molar-refractivity contribution is 5.94. The van der Waals surface area contributed by atoms with E-state index in [-0.39, 0.29) is 11.8 Å². The number of aromatic nitrogens is 3. The van der Waals surface area contributed by atoms with Crippen molar-refractivity contribution in [3.05, 3.63) is 65.8 Å². The normalized spacial score (nSPS) is 14.5. The maximum atomic E-state index is 12.4. The van der Waals surface area contributed by atoms with Crippen LogP contribution in [0.5, 0.6) is 0 Å². The van der Waals surface area contributed by atoms with Crippen LogP contribution < -0.4 is 0 Å². The molecule has 1 fully saturated rings. The number of likely N-dealkylation sites (tertiary alicyclic amines) is 1. The zero-order valence-corrected chi connectivity index (χ0v) is 13.2. The first-order chi connectivity index (χ1) is 11.7. The maximum Gasteiger partial charge on any atom is 0.253 e. The Bertz CT molecular complexity index is 852. The number of carbonyl (C=O) groups excluding carboxylic acids is 1. The van der Waals surface area contributed by atoms with Crippen molar-refractivity contribution in [3.63, 3.8) is 0 Å². The fourth-order valence-corrected chi connectivity index (χ4v) is 2.70. The predicted octanol–water partition coefficient (Wildman–Crippen LogP) is 2.68. The maximum absolute atomic E-state index is 12.4. The molecule has 24 heavy (non-hydrogen) atoms. The molecule has 6 heteroatoms. The Hall–Kier alpha value is -3.02. The summed E-state index contributed by atoms with van der Waals surface area (Å²) >= 11 is 0. The van der Waals surface area contributed by atoms with Crippen LogP contribution in [0.1, 0.15) is 27.7 Å². The van der Waals surface area contributed by atoms with E-state index in [0.29, 0.717) is 30.4 Å². The first-order valence-electron chi connectivity index (χ1n) is 7.80. The highest BCUT2D eigenvalue weighted by Gasteiger charge is 2.36. The van der Waals surface area contributed by atoms with Crippen LogP contribution in [0.15, 0.2) is 53.3 Å². The van der Waals surface area contributed by atoms with Crippen molar-refractivity contribution >= 4 is 5.91 Å². The summed E-state index contributed by atoms with van der Waals surface area (Å²) in [4.78, 5) is 22.6. The lowest BCUT2D eigenvalue weighted by molar-refractivity contribution is 0.0569. The van der Waals surface area contributed by atoms with Crippen molar-refractivity contribution in [2.75, 3.05) is 13.1 Å². The molecule has 3 aromatic rings. The number of carbonyl (C=O) groups is 1. The van der Waals surface area contributed by atoms with Crippen molar-refractivity contribution in [2.24, 2.45) is 0 Å². The summed E-state index contributed by atoms with van der Waals surface area (Å²) in [5, 5.41) is 4.01. The lowest BCUT2D eigenvalue weighted by Crippen LogP contribution is -2.48. The predicted molar refractivity (Wildman–Crippen MR) is 87.4 cm³/mol. The van der Waals surface area contributed by atoms with E-state index in [2.05, 4.69) is 15.1 Å². The Morgan fingerprint density at radius 3 is 2.54 bits per heavy atom. The molecule has 0 atom stereocenters. The molecule has 0 N–H and O–H groups in total. The Balaban J connectivity index is 1.42. The van der Waals surface area contributed by atoms with Crippen LogP contribution in [0.4, 0.5) is 0 Å². The number of nitrogens with zero attached hydrogens (tertiary/aromatic N) is 4.